The molecule has 0 spiro atoms. The van der Waals surface area contributed by atoms with Crippen LogP contribution in [0.4, 0.5) is 0 Å². The smallest absolute Gasteiger partial charge is 0.198 e. The lowest BCUT2D eigenvalue weighted by atomic mass is 9.81. The lowest BCUT2D eigenvalue weighted by Gasteiger charge is -2.23. The number of phenolic OH excluding ortho intramolecular Hbond substituents is 4. The summed E-state index contributed by atoms with van der Waals surface area (Å²) >= 11 is 3.56. The zero-order chi connectivity index (χ0) is 70.2. The van der Waals surface area contributed by atoms with E-state index in [1.54, 1.807) is 37.4 Å². The van der Waals surface area contributed by atoms with E-state index in [9.17, 15) is 56.4 Å². The van der Waals surface area contributed by atoms with Crippen LogP contribution in [0.5, 0.6) is 23.0 Å². The van der Waals surface area contributed by atoms with Gasteiger partial charge in [-0.05, 0) is 111 Å². The van der Waals surface area contributed by atoms with Crippen LogP contribution in [-0.4, -0.2) is 83.4 Å². The van der Waals surface area contributed by atoms with Gasteiger partial charge in [-0.15, -0.1) is 23.5 Å². The summed E-state index contributed by atoms with van der Waals surface area (Å²) in [5.41, 5.74) is 0.465. The molecule has 4 aromatic rings. The monoisotopic (exact) mass is 1400 g/mol. The summed E-state index contributed by atoms with van der Waals surface area (Å²) in [6.07, 6.45) is 46.1. The quantitative estimate of drug-likeness (QED) is 0.0159. The fourth-order valence-corrected chi connectivity index (χ4v) is 19.3. The molecule has 0 saturated heterocycles. The normalized spacial score (nSPS) is 12.8. The van der Waals surface area contributed by atoms with Crippen molar-refractivity contribution in [2.75, 3.05) is 23.0 Å². The Bertz CT molecular complexity index is 3180. The van der Waals surface area contributed by atoms with Gasteiger partial charge in [0.15, 0.2) is 42.8 Å². The molecule has 0 amide bonds. The molecule has 0 heterocycles. The first-order valence-corrected chi connectivity index (χ1v) is 42.8. The highest BCUT2D eigenvalue weighted by atomic mass is 32.2. The third-order valence-corrected chi connectivity index (χ3v) is 26.0. The van der Waals surface area contributed by atoms with Crippen LogP contribution in [0, 0.1) is 27.7 Å². The number of thioether (sulfide) groups is 2. The molecule has 0 atom stereocenters. The fourth-order valence-electron chi connectivity index (χ4n) is 13.3. The maximum atomic E-state index is 13.9. The van der Waals surface area contributed by atoms with Crippen LogP contribution in [0.1, 0.15) is 370 Å². The number of sulfone groups is 2. The Hall–Kier alpha value is -4.64. The summed E-state index contributed by atoms with van der Waals surface area (Å²) in [5, 5.41) is 43.5. The average molecular weight is 1400 g/mol. The standard InChI is InChI=1S/C40H60O8S2.C40H60O4S2/c1-5-7-9-11-13-15-17-19-21-23-25-49(45,46)33-27-31-32(40(44)36-35(39(31)43)37(41)29(3)30(4)38(36)42)28-34(33)50(47,48)26-24-22-20-18-16-14-12-10-8-6-2;1-5-7-9-11-13-15-17-19-21-23-25-45-33-27-31-32(28-34(33)46-26-24-22-20-18-16-14-12-10-8-6-2)40(44)36-35(39(31)43)37(41)29(3)30(4)38(36)42/h27-28,41-42H,5-26H2,1-4H3;27-28,41-42H,5-26H2,1-4H3. The van der Waals surface area contributed by atoms with Crippen LogP contribution >= 0.6 is 23.5 Å². The predicted molar refractivity (Wildman–Crippen MR) is 398 cm³/mol. The van der Waals surface area contributed by atoms with E-state index in [-0.39, 0.29) is 68.0 Å². The second kappa shape index (κ2) is 43.1. The van der Waals surface area contributed by atoms with Crippen molar-refractivity contribution < 1.29 is 56.4 Å². The number of phenols is 4. The van der Waals surface area contributed by atoms with Crippen molar-refractivity contribution in [1.29, 1.82) is 0 Å². The van der Waals surface area contributed by atoms with Gasteiger partial charge in [-0.1, -0.05) is 259 Å². The van der Waals surface area contributed by atoms with Gasteiger partial charge in [-0.2, -0.15) is 0 Å². The van der Waals surface area contributed by atoms with E-state index >= 15 is 0 Å². The molecule has 536 valence electrons. The van der Waals surface area contributed by atoms with E-state index in [4.69, 9.17) is 0 Å². The molecule has 0 fully saturated rings. The van der Waals surface area contributed by atoms with E-state index in [0.29, 0.717) is 47.9 Å². The van der Waals surface area contributed by atoms with Crippen molar-refractivity contribution in [2.24, 2.45) is 0 Å². The number of ketones is 4. The first-order valence-electron chi connectivity index (χ1n) is 37.5. The van der Waals surface area contributed by atoms with Gasteiger partial charge in [0.1, 0.15) is 23.0 Å². The highest BCUT2D eigenvalue weighted by Gasteiger charge is 2.41. The number of carbonyl (C=O) groups excluding carboxylic acids is 4. The molecule has 4 aromatic carbocycles. The van der Waals surface area contributed by atoms with Gasteiger partial charge in [-0.3, -0.25) is 19.2 Å². The minimum absolute atomic E-state index is 0.0606. The van der Waals surface area contributed by atoms with Crippen LogP contribution in [0.2, 0.25) is 0 Å². The van der Waals surface area contributed by atoms with Gasteiger partial charge in [0.05, 0.1) is 43.6 Å². The van der Waals surface area contributed by atoms with Crippen LogP contribution in [-0.2, 0) is 19.7 Å². The van der Waals surface area contributed by atoms with Gasteiger partial charge in [-0.25, -0.2) is 16.8 Å². The number of unbranched alkanes of at least 4 members (excludes halogenated alkanes) is 36. The Balaban J connectivity index is 0.000000348. The summed E-state index contributed by atoms with van der Waals surface area (Å²) in [6.45, 7) is 15.2. The molecule has 4 N–H and O–H groups in total. The molecule has 0 aliphatic heterocycles. The van der Waals surface area contributed by atoms with E-state index < -0.39 is 63.7 Å². The minimum atomic E-state index is -4.17. The number of hydrogen-bond donors (Lipinski definition) is 4. The molecule has 0 unspecified atom stereocenters. The summed E-state index contributed by atoms with van der Waals surface area (Å²) in [5.74, 6) is -2.38. The SMILES string of the molecule is CCCCCCCCCCCCS(=O)(=O)c1cc2c(cc1S(=O)(=O)CCCCCCCCCCCC)C(=O)c1c(O)c(C)c(C)c(O)c1C2=O.CCCCCCCCCCCCSc1cc2c(cc1SCCCCCCCCCCCC)C(=O)c1c(O)c(C)c(C)c(O)c1C2=O. The average Bonchev–Trinajstić information content (AvgIpc) is 0.731. The molecule has 96 heavy (non-hydrogen) atoms. The highest BCUT2D eigenvalue weighted by Crippen LogP contribution is 2.47. The molecule has 0 bridgehead atoms. The summed E-state index contributed by atoms with van der Waals surface area (Å²) in [7, 11) is -8.35. The predicted octanol–water partition coefficient (Wildman–Crippen LogP) is 22.4. The van der Waals surface area contributed by atoms with Crippen molar-refractivity contribution in [1.82, 2.24) is 0 Å². The lowest BCUT2D eigenvalue weighted by molar-refractivity contribution is 0.0973. The molecular weight excluding hydrogens is 1280 g/mol. The number of benzene rings is 4. The third-order valence-electron chi connectivity index (χ3n) is 19.8. The zero-order valence-corrected chi connectivity index (χ0v) is 63.4. The zero-order valence-electron chi connectivity index (χ0n) is 60.1. The first-order chi connectivity index (χ1) is 46.1. The van der Waals surface area contributed by atoms with Gasteiger partial charge in [0.25, 0.3) is 0 Å². The molecule has 0 saturated carbocycles. The fraction of sp³-hybridized carbons (Fsp3) is 0.650. The first kappa shape index (κ1) is 82.0. The van der Waals surface area contributed by atoms with Gasteiger partial charge in [0, 0.05) is 32.0 Å². The molecule has 2 aliphatic carbocycles. The Kier molecular flexibility index (Phi) is 36.8. The van der Waals surface area contributed by atoms with Crippen molar-refractivity contribution in [3.8, 4) is 23.0 Å². The Morgan fingerprint density at radius 1 is 0.281 bits per heavy atom. The Morgan fingerprint density at radius 2 is 0.469 bits per heavy atom. The molecular formula is C80H120O12S4. The molecule has 0 radical (unpaired) electrons. The highest BCUT2D eigenvalue weighted by molar-refractivity contribution is 8.02. The van der Waals surface area contributed by atoms with Crippen molar-refractivity contribution >= 4 is 66.3 Å². The van der Waals surface area contributed by atoms with Gasteiger partial charge >= 0.3 is 0 Å². The van der Waals surface area contributed by atoms with E-state index in [0.717, 1.165) is 97.6 Å². The number of rotatable bonds is 48. The largest absolute Gasteiger partial charge is 0.507 e. The maximum absolute atomic E-state index is 13.9. The molecule has 2 aliphatic rings. The van der Waals surface area contributed by atoms with Crippen LogP contribution in [0.25, 0.3) is 0 Å². The summed E-state index contributed by atoms with van der Waals surface area (Å²) in [6, 6.07) is 5.79. The topological polar surface area (TPSA) is 217 Å². The number of fused-ring (bicyclic) bond motifs is 4. The molecule has 16 heteroatoms. The van der Waals surface area contributed by atoms with Crippen LogP contribution in [0.3, 0.4) is 0 Å². The van der Waals surface area contributed by atoms with E-state index in [1.807, 2.05) is 12.1 Å². The minimum Gasteiger partial charge on any atom is -0.507 e. The molecule has 0 aromatic heterocycles. The van der Waals surface area contributed by atoms with Crippen molar-refractivity contribution in [2.45, 2.75) is 332 Å². The number of aromatic hydroxyl groups is 4. The van der Waals surface area contributed by atoms with Gasteiger partial charge in [0.2, 0.25) is 0 Å². The van der Waals surface area contributed by atoms with Crippen molar-refractivity contribution in [3.63, 3.8) is 0 Å². The van der Waals surface area contributed by atoms with Crippen molar-refractivity contribution in [3.05, 3.63) is 91.0 Å². The Labute approximate surface area is 587 Å². The Morgan fingerprint density at radius 3 is 0.688 bits per heavy atom. The summed E-state index contributed by atoms with van der Waals surface area (Å²) in [4.78, 5) is 56.2. The van der Waals surface area contributed by atoms with Crippen LogP contribution < -0.4 is 0 Å². The second-order valence-electron chi connectivity index (χ2n) is 27.5. The van der Waals surface area contributed by atoms with Gasteiger partial charge < -0.3 is 20.4 Å². The van der Waals surface area contributed by atoms with E-state index in [2.05, 4.69) is 27.7 Å². The van der Waals surface area contributed by atoms with Crippen LogP contribution in [0.15, 0.2) is 43.8 Å². The number of hydrogen-bond acceptors (Lipinski definition) is 14. The number of carbonyl (C=O) groups is 4. The maximum Gasteiger partial charge on any atom is 0.198 e. The third kappa shape index (κ3) is 23.8. The molecule has 12 nitrogen and oxygen atoms in total. The second-order valence-corrected chi connectivity index (χ2v) is 33.9. The lowest BCUT2D eigenvalue weighted by Crippen LogP contribution is -2.25. The summed E-state index contributed by atoms with van der Waals surface area (Å²) < 4.78 is 55.5. The van der Waals surface area contributed by atoms with E-state index in [1.165, 1.54) is 181 Å². The molecule has 6 rings (SSSR count).